The molecule has 140 valence electrons. The molecule has 0 saturated heterocycles. The van der Waals surface area contributed by atoms with E-state index in [1.807, 2.05) is 13.8 Å². The van der Waals surface area contributed by atoms with E-state index >= 15 is 0 Å². The summed E-state index contributed by atoms with van der Waals surface area (Å²) in [6, 6.07) is -1.38. The van der Waals surface area contributed by atoms with Gasteiger partial charge in [-0.1, -0.05) is 13.8 Å². The van der Waals surface area contributed by atoms with Gasteiger partial charge in [0.15, 0.2) is 0 Å². The molecular formula is C15H28N2O6S. The third kappa shape index (κ3) is 9.51. The molecule has 2 N–H and O–H groups in total. The van der Waals surface area contributed by atoms with Gasteiger partial charge in [0.2, 0.25) is 5.91 Å². The highest BCUT2D eigenvalue weighted by Gasteiger charge is 2.23. The first-order chi connectivity index (χ1) is 10.8. The standard InChI is InChI=1S/C15H28N2O6S/c1-10(2)12(8-9-24(20,21)22-7)17-13(18)11(3)16-14(19)23-15(4,5)6/h8-12H,1-7H3,(H,16,19)(H,17,18)/b9-8+/t11-,12+/m0/s1. The zero-order valence-corrected chi connectivity index (χ0v) is 16.1. The summed E-state index contributed by atoms with van der Waals surface area (Å²) in [6.07, 6.45) is 0.630. The lowest BCUT2D eigenvalue weighted by Crippen LogP contribution is -2.49. The van der Waals surface area contributed by atoms with Crippen LogP contribution < -0.4 is 10.6 Å². The Balaban J connectivity index is 4.81. The largest absolute Gasteiger partial charge is 0.444 e. The molecule has 0 aliphatic rings. The van der Waals surface area contributed by atoms with E-state index in [1.54, 1.807) is 20.8 Å². The van der Waals surface area contributed by atoms with Crippen molar-refractivity contribution in [3.05, 3.63) is 11.5 Å². The first-order valence-corrected chi connectivity index (χ1v) is 9.03. The summed E-state index contributed by atoms with van der Waals surface area (Å²) >= 11 is 0. The summed E-state index contributed by atoms with van der Waals surface area (Å²) < 4.78 is 32.1. The molecule has 2 atom stereocenters. The summed E-state index contributed by atoms with van der Waals surface area (Å²) in [6.45, 7) is 10.3. The quantitative estimate of drug-likeness (QED) is 0.663. The topological polar surface area (TPSA) is 111 Å². The smallest absolute Gasteiger partial charge is 0.408 e. The minimum Gasteiger partial charge on any atom is -0.444 e. The van der Waals surface area contributed by atoms with Gasteiger partial charge in [0, 0.05) is 0 Å². The third-order valence-electron chi connectivity index (χ3n) is 2.84. The van der Waals surface area contributed by atoms with Gasteiger partial charge in [0.1, 0.15) is 11.6 Å². The van der Waals surface area contributed by atoms with Crippen molar-refractivity contribution in [1.82, 2.24) is 10.6 Å². The number of carbonyl (C=O) groups excluding carboxylic acids is 2. The van der Waals surface area contributed by atoms with Crippen LogP contribution in [-0.2, 0) is 23.8 Å². The highest BCUT2D eigenvalue weighted by Crippen LogP contribution is 2.08. The molecule has 0 aromatic rings. The molecular weight excluding hydrogens is 336 g/mol. The van der Waals surface area contributed by atoms with E-state index in [4.69, 9.17) is 4.74 Å². The van der Waals surface area contributed by atoms with Crippen LogP contribution in [0.4, 0.5) is 4.79 Å². The molecule has 0 bridgehead atoms. The Bertz CT molecular complexity index is 563. The Hall–Kier alpha value is -1.61. The molecule has 0 aromatic heterocycles. The maximum atomic E-state index is 12.2. The lowest BCUT2D eigenvalue weighted by atomic mass is 10.0. The second kappa shape index (κ2) is 9.03. The minimum atomic E-state index is -3.77. The summed E-state index contributed by atoms with van der Waals surface area (Å²) in [4.78, 5) is 23.8. The van der Waals surface area contributed by atoms with Gasteiger partial charge in [-0.2, -0.15) is 8.42 Å². The fourth-order valence-electron chi connectivity index (χ4n) is 1.51. The van der Waals surface area contributed by atoms with Crippen LogP contribution in [0.2, 0.25) is 0 Å². The Kier molecular flexibility index (Phi) is 8.42. The van der Waals surface area contributed by atoms with Gasteiger partial charge in [0.05, 0.1) is 18.6 Å². The molecule has 0 heterocycles. The van der Waals surface area contributed by atoms with E-state index < -0.39 is 39.8 Å². The molecule has 0 rings (SSSR count). The zero-order chi connectivity index (χ0) is 19.1. The number of alkyl carbamates (subject to hydrolysis) is 1. The molecule has 0 unspecified atom stereocenters. The third-order valence-corrected chi connectivity index (χ3v) is 3.79. The van der Waals surface area contributed by atoms with Crippen molar-refractivity contribution in [2.75, 3.05) is 7.11 Å². The molecule has 0 aromatic carbocycles. The summed E-state index contributed by atoms with van der Waals surface area (Å²) in [5, 5.41) is 5.98. The molecule has 24 heavy (non-hydrogen) atoms. The second-order valence-corrected chi connectivity index (χ2v) is 8.23. The van der Waals surface area contributed by atoms with Crippen LogP contribution in [0.1, 0.15) is 41.5 Å². The van der Waals surface area contributed by atoms with Gasteiger partial charge in [-0.3, -0.25) is 8.98 Å². The van der Waals surface area contributed by atoms with Crippen molar-refractivity contribution in [2.45, 2.75) is 59.2 Å². The molecule has 2 amide bonds. The number of ether oxygens (including phenoxy) is 1. The van der Waals surface area contributed by atoms with Crippen molar-refractivity contribution in [2.24, 2.45) is 5.92 Å². The maximum Gasteiger partial charge on any atom is 0.408 e. The van der Waals surface area contributed by atoms with Crippen LogP contribution in [0.5, 0.6) is 0 Å². The van der Waals surface area contributed by atoms with Crippen LogP contribution in [-0.4, -0.2) is 45.2 Å². The van der Waals surface area contributed by atoms with E-state index in [-0.39, 0.29) is 5.92 Å². The Morgan fingerprint density at radius 2 is 1.62 bits per heavy atom. The predicted molar refractivity (Wildman–Crippen MR) is 90.7 cm³/mol. The lowest BCUT2D eigenvalue weighted by molar-refractivity contribution is -0.123. The van der Waals surface area contributed by atoms with Crippen molar-refractivity contribution in [3.63, 3.8) is 0 Å². The first-order valence-electron chi connectivity index (χ1n) is 7.56. The van der Waals surface area contributed by atoms with Gasteiger partial charge >= 0.3 is 6.09 Å². The normalized spacial score (nSPS) is 15.2. The van der Waals surface area contributed by atoms with Crippen LogP contribution in [0.25, 0.3) is 0 Å². The van der Waals surface area contributed by atoms with E-state index in [0.717, 1.165) is 12.5 Å². The van der Waals surface area contributed by atoms with Gasteiger partial charge in [-0.05, 0) is 39.7 Å². The molecule has 0 saturated carbocycles. The van der Waals surface area contributed by atoms with Crippen LogP contribution in [0.3, 0.4) is 0 Å². The van der Waals surface area contributed by atoms with Crippen molar-refractivity contribution < 1.29 is 26.9 Å². The van der Waals surface area contributed by atoms with Gasteiger partial charge in [-0.25, -0.2) is 4.79 Å². The lowest BCUT2D eigenvalue weighted by Gasteiger charge is -2.24. The minimum absolute atomic E-state index is 0.0639. The van der Waals surface area contributed by atoms with Crippen molar-refractivity contribution >= 4 is 22.1 Å². The van der Waals surface area contributed by atoms with Crippen LogP contribution >= 0.6 is 0 Å². The number of amides is 2. The molecule has 8 nitrogen and oxygen atoms in total. The Morgan fingerprint density at radius 1 is 1.08 bits per heavy atom. The average Bonchev–Trinajstić information content (AvgIpc) is 2.40. The molecule has 0 radical (unpaired) electrons. The highest BCUT2D eigenvalue weighted by atomic mass is 32.2. The van der Waals surface area contributed by atoms with Gasteiger partial charge in [-0.15, -0.1) is 0 Å². The van der Waals surface area contributed by atoms with Gasteiger partial charge < -0.3 is 15.4 Å². The number of rotatable bonds is 7. The number of carbonyl (C=O) groups is 2. The average molecular weight is 364 g/mol. The van der Waals surface area contributed by atoms with Crippen molar-refractivity contribution in [3.8, 4) is 0 Å². The predicted octanol–water partition coefficient (Wildman–Crippen LogP) is 1.53. The van der Waals surface area contributed by atoms with Gasteiger partial charge in [0.25, 0.3) is 10.1 Å². The van der Waals surface area contributed by atoms with Crippen LogP contribution in [0.15, 0.2) is 11.5 Å². The monoisotopic (exact) mass is 364 g/mol. The van der Waals surface area contributed by atoms with Crippen molar-refractivity contribution in [1.29, 1.82) is 0 Å². The molecule has 0 fully saturated rings. The molecule has 0 spiro atoms. The van der Waals surface area contributed by atoms with E-state index in [9.17, 15) is 18.0 Å². The summed E-state index contributed by atoms with van der Waals surface area (Å²) in [5.41, 5.74) is -0.669. The highest BCUT2D eigenvalue weighted by molar-refractivity contribution is 7.89. The molecule has 9 heteroatoms. The number of nitrogens with one attached hydrogen (secondary N) is 2. The van der Waals surface area contributed by atoms with E-state index in [1.165, 1.54) is 13.0 Å². The fourth-order valence-corrected chi connectivity index (χ4v) is 1.99. The molecule has 0 aliphatic heterocycles. The number of hydrogen-bond acceptors (Lipinski definition) is 6. The maximum absolute atomic E-state index is 12.2. The molecule has 0 aliphatic carbocycles. The SMILES string of the molecule is COS(=O)(=O)/C=C/[C@@H](NC(=O)[C@H](C)NC(=O)OC(C)(C)C)C(C)C. The van der Waals surface area contributed by atoms with Crippen LogP contribution in [0, 0.1) is 5.92 Å². The zero-order valence-electron chi connectivity index (χ0n) is 15.2. The Labute approximate surface area is 144 Å². The summed E-state index contributed by atoms with van der Waals surface area (Å²) in [5.74, 6) is -0.523. The van der Waals surface area contributed by atoms with E-state index in [2.05, 4.69) is 14.8 Å². The number of hydrogen-bond donors (Lipinski definition) is 2. The fraction of sp³-hybridized carbons (Fsp3) is 0.733. The second-order valence-electron chi connectivity index (χ2n) is 6.63. The van der Waals surface area contributed by atoms with E-state index in [0.29, 0.717) is 0 Å². The first kappa shape index (κ1) is 22.4. The Morgan fingerprint density at radius 3 is 2.04 bits per heavy atom. The summed E-state index contributed by atoms with van der Waals surface area (Å²) in [7, 11) is -2.71.